The molecule has 0 atom stereocenters. The number of primary amides is 1. The predicted molar refractivity (Wildman–Crippen MR) is 115 cm³/mol. The first kappa shape index (κ1) is 22.5. The molecule has 30 heavy (non-hydrogen) atoms. The molecule has 9 nitrogen and oxygen atoms in total. The minimum absolute atomic E-state index is 0.0440. The number of carbonyl (C=O) groups excluding carboxylic acids is 3. The molecule has 3 aliphatic carbocycles. The Kier molecular flexibility index (Phi) is 8.45. The van der Waals surface area contributed by atoms with E-state index in [-0.39, 0.29) is 36.2 Å². The summed E-state index contributed by atoms with van der Waals surface area (Å²) in [5, 5.41) is 15.1. The number of hydrogen-bond acceptors (Lipinski definition) is 3. The Bertz CT molecular complexity index is 579. The molecule has 170 valence electrons. The second kappa shape index (κ2) is 11.3. The van der Waals surface area contributed by atoms with Gasteiger partial charge in [-0.05, 0) is 64.2 Å². The van der Waals surface area contributed by atoms with Crippen LogP contribution in [0.1, 0.15) is 83.5 Å². The minimum atomic E-state index is -0.485. The van der Waals surface area contributed by atoms with E-state index in [1.54, 1.807) is 0 Å². The van der Waals surface area contributed by atoms with Crippen molar-refractivity contribution in [3.8, 4) is 0 Å². The Morgan fingerprint density at radius 2 is 0.767 bits per heavy atom. The quantitative estimate of drug-likeness (QED) is 0.405. The molecule has 0 spiro atoms. The molecular formula is C21H38N6O3. The van der Waals surface area contributed by atoms with E-state index in [1.165, 1.54) is 19.3 Å². The number of amides is 6. The Hall–Kier alpha value is -2.19. The summed E-state index contributed by atoms with van der Waals surface area (Å²) in [5.74, 6) is 0. The van der Waals surface area contributed by atoms with Crippen LogP contribution in [-0.2, 0) is 0 Å². The van der Waals surface area contributed by atoms with Gasteiger partial charge in [0.25, 0.3) is 0 Å². The number of nitrogens with one attached hydrogen (secondary N) is 5. The molecule has 0 saturated heterocycles. The van der Waals surface area contributed by atoms with E-state index in [0.717, 1.165) is 64.2 Å². The van der Waals surface area contributed by atoms with Gasteiger partial charge < -0.3 is 32.3 Å². The molecule has 0 aromatic heterocycles. The summed E-state index contributed by atoms with van der Waals surface area (Å²) in [6.07, 6.45) is 12.7. The van der Waals surface area contributed by atoms with Gasteiger partial charge >= 0.3 is 18.1 Å². The van der Waals surface area contributed by atoms with Gasteiger partial charge in [-0.2, -0.15) is 0 Å². The smallest absolute Gasteiger partial charge is 0.315 e. The van der Waals surface area contributed by atoms with Crippen molar-refractivity contribution in [2.24, 2.45) is 5.73 Å². The normalized spacial score (nSPS) is 30.0. The number of urea groups is 3. The number of rotatable bonds is 5. The zero-order valence-electron chi connectivity index (χ0n) is 17.9. The van der Waals surface area contributed by atoms with Gasteiger partial charge in [0.05, 0.1) is 0 Å². The zero-order valence-corrected chi connectivity index (χ0v) is 17.9. The van der Waals surface area contributed by atoms with Gasteiger partial charge in [0.2, 0.25) is 0 Å². The fraction of sp³-hybridized carbons (Fsp3) is 0.857. The number of hydrogen-bond donors (Lipinski definition) is 6. The lowest BCUT2D eigenvalue weighted by Gasteiger charge is -2.32. The van der Waals surface area contributed by atoms with Crippen LogP contribution in [0.5, 0.6) is 0 Å². The summed E-state index contributed by atoms with van der Waals surface area (Å²) in [5.41, 5.74) is 5.16. The molecule has 0 bridgehead atoms. The second-order valence-electron chi connectivity index (χ2n) is 9.18. The standard InChI is InChI=1S/C21H38N6O3/c22-19(28)23-15-6-8-16(9-7-15)26-21(30)27-18-12-10-17(11-13-18)25-20(29)24-14-4-2-1-3-5-14/h14-18H,1-13H2,(H3,22,23,28)(H2,24,25,29)(H2,26,27,30). The SMILES string of the molecule is NC(=O)NC1CCC(NC(=O)NC2CCC(NC(=O)NC3CCCCC3)CC2)CC1. The third kappa shape index (κ3) is 7.57. The fourth-order valence-corrected chi connectivity index (χ4v) is 5.04. The van der Waals surface area contributed by atoms with E-state index in [0.29, 0.717) is 6.04 Å². The largest absolute Gasteiger partial charge is 0.352 e. The average Bonchev–Trinajstić information content (AvgIpc) is 2.71. The lowest BCUT2D eigenvalue weighted by molar-refractivity contribution is 0.212. The molecule has 3 fully saturated rings. The molecule has 9 heteroatoms. The van der Waals surface area contributed by atoms with Crippen molar-refractivity contribution < 1.29 is 14.4 Å². The molecule has 6 amide bonds. The van der Waals surface area contributed by atoms with E-state index in [4.69, 9.17) is 5.73 Å². The van der Waals surface area contributed by atoms with Crippen LogP contribution >= 0.6 is 0 Å². The van der Waals surface area contributed by atoms with Crippen LogP contribution in [-0.4, -0.2) is 48.3 Å². The van der Waals surface area contributed by atoms with Crippen LogP contribution < -0.4 is 32.3 Å². The first-order valence-corrected chi connectivity index (χ1v) is 11.7. The lowest BCUT2D eigenvalue weighted by Crippen LogP contribution is -2.52. The molecule has 0 unspecified atom stereocenters. The van der Waals surface area contributed by atoms with Gasteiger partial charge in [-0.3, -0.25) is 0 Å². The maximum Gasteiger partial charge on any atom is 0.315 e. The van der Waals surface area contributed by atoms with Gasteiger partial charge in [0, 0.05) is 30.2 Å². The van der Waals surface area contributed by atoms with Crippen molar-refractivity contribution in [3.63, 3.8) is 0 Å². The van der Waals surface area contributed by atoms with Crippen LogP contribution in [0, 0.1) is 0 Å². The van der Waals surface area contributed by atoms with Crippen LogP contribution in [0.4, 0.5) is 14.4 Å². The third-order valence-electron chi connectivity index (χ3n) is 6.75. The van der Waals surface area contributed by atoms with Crippen LogP contribution in [0.25, 0.3) is 0 Å². The van der Waals surface area contributed by atoms with Crippen LogP contribution in [0.3, 0.4) is 0 Å². The molecule has 0 aromatic rings. The Morgan fingerprint density at radius 3 is 1.10 bits per heavy atom. The third-order valence-corrected chi connectivity index (χ3v) is 6.75. The molecule has 7 N–H and O–H groups in total. The zero-order chi connectivity index (χ0) is 21.3. The van der Waals surface area contributed by atoms with Gasteiger partial charge in [0.1, 0.15) is 0 Å². The Labute approximate surface area is 179 Å². The van der Waals surface area contributed by atoms with Gasteiger partial charge in [0.15, 0.2) is 0 Å². The highest BCUT2D eigenvalue weighted by Gasteiger charge is 2.26. The van der Waals surface area contributed by atoms with Crippen molar-refractivity contribution in [1.82, 2.24) is 26.6 Å². The highest BCUT2D eigenvalue weighted by Crippen LogP contribution is 2.21. The van der Waals surface area contributed by atoms with E-state index in [9.17, 15) is 14.4 Å². The summed E-state index contributed by atoms with van der Waals surface area (Å²) in [4.78, 5) is 35.5. The Balaban J connectivity index is 1.27. The minimum Gasteiger partial charge on any atom is -0.352 e. The monoisotopic (exact) mass is 422 g/mol. The molecular weight excluding hydrogens is 384 g/mol. The molecule has 0 aromatic carbocycles. The second-order valence-corrected chi connectivity index (χ2v) is 9.18. The summed E-state index contributed by atoms with van der Waals surface area (Å²) in [6, 6.07) is 0.257. The van der Waals surface area contributed by atoms with Gasteiger partial charge in [-0.1, -0.05) is 19.3 Å². The van der Waals surface area contributed by atoms with Crippen molar-refractivity contribution in [1.29, 1.82) is 0 Å². The van der Waals surface area contributed by atoms with E-state index in [2.05, 4.69) is 26.6 Å². The summed E-state index contributed by atoms with van der Waals surface area (Å²) >= 11 is 0. The highest BCUT2D eigenvalue weighted by molar-refractivity contribution is 5.75. The molecule has 0 radical (unpaired) electrons. The molecule has 3 aliphatic rings. The highest BCUT2D eigenvalue weighted by atomic mass is 16.2. The van der Waals surface area contributed by atoms with Crippen molar-refractivity contribution in [2.45, 2.75) is 114 Å². The Morgan fingerprint density at radius 1 is 0.467 bits per heavy atom. The van der Waals surface area contributed by atoms with Crippen LogP contribution in [0.2, 0.25) is 0 Å². The summed E-state index contributed by atoms with van der Waals surface area (Å²) in [6.45, 7) is 0. The number of carbonyl (C=O) groups is 3. The molecule has 3 saturated carbocycles. The molecule has 3 rings (SSSR count). The number of nitrogens with two attached hydrogens (primary N) is 1. The van der Waals surface area contributed by atoms with Crippen LogP contribution in [0.15, 0.2) is 0 Å². The fourth-order valence-electron chi connectivity index (χ4n) is 5.04. The first-order valence-electron chi connectivity index (χ1n) is 11.7. The first-order chi connectivity index (χ1) is 14.5. The van der Waals surface area contributed by atoms with Crippen molar-refractivity contribution in [3.05, 3.63) is 0 Å². The lowest BCUT2D eigenvalue weighted by atomic mass is 9.90. The molecule has 0 aliphatic heterocycles. The van der Waals surface area contributed by atoms with Crippen molar-refractivity contribution in [2.75, 3.05) is 0 Å². The predicted octanol–water partition coefficient (Wildman–Crippen LogP) is 2.21. The summed E-state index contributed by atoms with van der Waals surface area (Å²) < 4.78 is 0. The maximum absolute atomic E-state index is 12.3. The average molecular weight is 423 g/mol. The van der Waals surface area contributed by atoms with Gasteiger partial charge in [-0.15, -0.1) is 0 Å². The molecule has 0 heterocycles. The van der Waals surface area contributed by atoms with E-state index in [1.807, 2.05) is 0 Å². The van der Waals surface area contributed by atoms with Gasteiger partial charge in [-0.25, -0.2) is 14.4 Å². The van der Waals surface area contributed by atoms with E-state index < -0.39 is 6.03 Å². The maximum atomic E-state index is 12.3. The topological polar surface area (TPSA) is 137 Å². The van der Waals surface area contributed by atoms with Crippen molar-refractivity contribution >= 4 is 18.1 Å². The summed E-state index contributed by atoms with van der Waals surface area (Å²) in [7, 11) is 0. The van der Waals surface area contributed by atoms with E-state index >= 15 is 0 Å².